The number of nitrogens with one attached hydrogen (secondary N) is 1. The number of allylic oxidation sites excluding steroid dienone is 1. The third-order valence-corrected chi connectivity index (χ3v) is 1.76. The van der Waals surface area contributed by atoms with Crippen molar-refractivity contribution in [3.05, 3.63) is 10.6 Å². The number of hydrogen-bond acceptors (Lipinski definition) is 3. The van der Waals surface area contributed by atoms with Crippen molar-refractivity contribution >= 4 is 17.6 Å². The summed E-state index contributed by atoms with van der Waals surface area (Å²) in [4.78, 5) is 0.662. The SMILES string of the molecule is CS/C(C(=N)N)=C(/C)N. The van der Waals surface area contributed by atoms with Crippen LogP contribution in [-0.4, -0.2) is 12.1 Å². The summed E-state index contributed by atoms with van der Waals surface area (Å²) in [5.41, 5.74) is 11.2. The van der Waals surface area contributed by atoms with E-state index in [0.717, 1.165) is 0 Å². The average molecular weight is 145 g/mol. The minimum absolute atomic E-state index is 0.0440. The van der Waals surface area contributed by atoms with Gasteiger partial charge in [-0.15, -0.1) is 11.8 Å². The van der Waals surface area contributed by atoms with Crippen LogP contribution in [0.25, 0.3) is 0 Å². The van der Waals surface area contributed by atoms with Crippen LogP contribution in [0.4, 0.5) is 0 Å². The van der Waals surface area contributed by atoms with E-state index in [1.165, 1.54) is 11.8 Å². The molecule has 0 fully saturated rings. The van der Waals surface area contributed by atoms with Crippen LogP contribution in [0.5, 0.6) is 0 Å². The Balaban J connectivity index is 4.35. The van der Waals surface area contributed by atoms with Gasteiger partial charge in [0.25, 0.3) is 0 Å². The molecule has 0 heterocycles. The van der Waals surface area contributed by atoms with Gasteiger partial charge in [-0.1, -0.05) is 0 Å². The summed E-state index contributed by atoms with van der Waals surface area (Å²) in [5, 5.41) is 7.00. The molecule has 0 bridgehead atoms. The maximum atomic E-state index is 7.00. The summed E-state index contributed by atoms with van der Waals surface area (Å²) in [6.45, 7) is 1.73. The van der Waals surface area contributed by atoms with Gasteiger partial charge >= 0.3 is 0 Å². The Morgan fingerprint density at radius 2 is 1.89 bits per heavy atom. The minimum atomic E-state index is 0.0440. The lowest BCUT2D eigenvalue weighted by atomic mass is 10.4. The Kier molecular flexibility index (Phi) is 3.16. The normalized spacial score (nSPS) is 12.7. The zero-order chi connectivity index (χ0) is 7.44. The first-order chi connectivity index (χ1) is 4.09. The summed E-state index contributed by atoms with van der Waals surface area (Å²) < 4.78 is 0. The molecule has 0 saturated carbocycles. The van der Waals surface area contributed by atoms with Crippen LogP contribution < -0.4 is 11.5 Å². The van der Waals surface area contributed by atoms with Crippen molar-refractivity contribution in [2.24, 2.45) is 11.5 Å². The average Bonchev–Trinajstić information content (AvgIpc) is 1.64. The van der Waals surface area contributed by atoms with Gasteiger partial charge < -0.3 is 11.5 Å². The van der Waals surface area contributed by atoms with Crippen LogP contribution in [0.15, 0.2) is 10.6 Å². The molecule has 0 aliphatic heterocycles. The third-order valence-electron chi connectivity index (χ3n) is 0.807. The van der Waals surface area contributed by atoms with E-state index in [1.807, 2.05) is 6.26 Å². The van der Waals surface area contributed by atoms with E-state index in [9.17, 15) is 0 Å². The van der Waals surface area contributed by atoms with Gasteiger partial charge in [-0.05, 0) is 13.2 Å². The number of rotatable bonds is 2. The summed E-state index contributed by atoms with van der Waals surface area (Å²) >= 11 is 1.39. The van der Waals surface area contributed by atoms with Crippen molar-refractivity contribution in [1.82, 2.24) is 0 Å². The van der Waals surface area contributed by atoms with Gasteiger partial charge in [-0.25, -0.2) is 0 Å². The Hall–Kier alpha value is -0.640. The Morgan fingerprint density at radius 3 is 1.89 bits per heavy atom. The summed E-state index contributed by atoms with van der Waals surface area (Å²) in [7, 11) is 0. The molecule has 52 valence electrons. The molecule has 5 N–H and O–H groups in total. The molecule has 0 aliphatic rings. The van der Waals surface area contributed by atoms with Crippen molar-refractivity contribution in [2.75, 3.05) is 6.26 Å². The highest BCUT2D eigenvalue weighted by Crippen LogP contribution is 2.12. The molecule has 0 aliphatic carbocycles. The Morgan fingerprint density at radius 1 is 1.44 bits per heavy atom. The van der Waals surface area contributed by atoms with E-state index >= 15 is 0 Å². The monoisotopic (exact) mass is 145 g/mol. The maximum absolute atomic E-state index is 7.00. The van der Waals surface area contributed by atoms with Gasteiger partial charge in [0.2, 0.25) is 0 Å². The molecule has 0 spiro atoms. The first-order valence-electron chi connectivity index (χ1n) is 2.44. The summed E-state index contributed by atoms with van der Waals surface area (Å²) in [6, 6.07) is 0. The second-order valence-electron chi connectivity index (χ2n) is 1.63. The number of hydrogen-bond donors (Lipinski definition) is 3. The molecule has 0 aromatic heterocycles. The van der Waals surface area contributed by atoms with Gasteiger partial charge in [0.15, 0.2) is 0 Å². The highest BCUT2D eigenvalue weighted by molar-refractivity contribution is 8.03. The van der Waals surface area contributed by atoms with Crippen molar-refractivity contribution in [1.29, 1.82) is 5.41 Å². The zero-order valence-electron chi connectivity index (χ0n) is 5.56. The number of thioether (sulfide) groups is 1. The lowest BCUT2D eigenvalue weighted by Crippen LogP contribution is -2.14. The fraction of sp³-hybridized carbons (Fsp3) is 0.400. The van der Waals surface area contributed by atoms with Gasteiger partial charge in [-0.3, -0.25) is 5.41 Å². The van der Waals surface area contributed by atoms with Crippen molar-refractivity contribution < 1.29 is 0 Å². The van der Waals surface area contributed by atoms with E-state index in [2.05, 4.69) is 0 Å². The van der Waals surface area contributed by atoms with Crippen LogP contribution in [0.1, 0.15) is 6.92 Å². The topological polar surface area (TPSA) is 75.9 Å². The van der Waals surface area contributed by atoms with Gasteiger partial charge in [0, 0.05) is 5.70 Å². The van der Waals surface area contributed by atoms with Crippen molar-refractivity contribution in [3.63, 3.8) is 0 Å². The lowest BCUT2D eigenvalue weighted by molar-refractivity contribution is 1.30. The molecule has 0 amide bonds. The molecule has 0 aromatic carbocycles. The highest BCUT2D eigenvalue weighted by atomic mass is 32.2. The van der Waals surface area contributed by atoms with E-state index in [-0.39, 0.29) is 5.84 Å². The molecule has 0 atom stereocenters. The third kappa shape index (κ3) is 2.41. The molecule has 0 rings (SSSR count). The molecular weight excluding hydrogens is 134 g/mol. The minimum Gasteiger partial charge on any atom is -0.401 e. The number of amidine groups is 1. The smallest absolute Gasteiger partial charge is 0.131 e. The predicted octanol–water partition coefficient (Wildman–Crippen LogP) is 0.476. The van der Waals surface area contributed by atoms with Crippen molar-refractivity contribution in [3.8, 4) is 0 Å². The first kappa shape index (κ1) is 8.36. The first-order valence-corrected chi connectivity index (χ1v) is 3.66. The van der Waals surface area contributed by atoms with Gasteiger partial charge in [0.05, 0.1) is 4.91 Å². The summed E-state index contributed by atoms with van der Waals surface area (Å²) in [5.74, 6) is 0.0440. The van der Waals surface area contributed by atoms with Crippen LogP contribution in [-0.2, 0) is 0 Å². The molecule has 0 unspecified atom stereocenters. The molecular formula is C5H11N3S. The second-order valence-corrected chi connectivity index (χ2v) is 2.45. The quantitative estimate of drug-likeness (QED) is 0.390. The predicted molar refractivity (Wildman–Crippen MR) is 42.3 cm³/mol. The summed E-state index contributed by atoms with van der Waals surface area (Å²) in [6.07, 6.45) is 1.84. The largest absolute Gasteiger partial charge is 0.401 e. The van der Waals surface area contributed by atoms with Gasteiger partial charge in [-0.2, -0.15) is 0 Å². The Labute approximate surface area is 59.0 Å². The number of nitrogens with two attached hydrogens (primary N) is 2. The van der Waals surface area contributed by atoms with E-state index < -0.39 is 0 Å². The van der Waals surface area contributed by atoms with Crippen LogP contribution in [0.3, 0.4) is 0 Å². The fourth-order valence-electron chi connectivity index (χ4n) is 0.483. The second kappa shape index (κ2) is 3.40. The maximum Gasteiger partial charge on any atom is 0.131 e. The standard InChI is InChI=1S/C5H11N3S/c1-3(6)4(9-2)5(7)8/h6H2,1-2H3,(H3,7,8)/b4-3-. The van der Waals surface area contributed by atoms with Crippen LogP contribution in [0.2, 0.25) is 0 Å². The lowest BCUT2D eigenvalue weighted by Gasteiger charge is -2.01. The fourth-order valence-corrected chi connectivity index (χ4v) is 1.03. The van der Waals surface area contributed by atoms with Crippen molar-refractivity contribution in [2.45, 2.75) is 6.92 Å². The molecule has 4 heteroatoms. The molecule has 0 radical (unpaired) electrons. The zero-order valence-corrected chi connectivity index (χ0v) is 6.38. The van der Waals surface area contributed by atoms with Gasteiger partial charge in [0.1, 0.15) is 5.84 Å². The Bertz CT molecular complexity index is 146. The van der Waals surface area contributed by atoms with Crippen LogP contribution in [0, 0.1) is 5.41 Å². The van der Waals surface area contributed by atoms with E-state index in [1.54, 1.807) is 6.92 Å². The highest BCUT2D eigenvalue weighted by Gasteiger charge is 1.99. The molecule has 0 saturated heterocycles. The molecule has 0 aromatic rings. The van der Waals surface area contributed by atoms with E-state index in [0.29, 0.717) is 10.6 Å². The molecule has 3 nitrogen and oxygen atoms in total. The van der Waals surface area contributed by atoms with Crippen LogP contribution >= 0.6 is 11.8 Å². The molecule has 9 heavy (non-hydrogen) atoms. The van der Waals surface area contributed by atoms with E-state index in [4.69, 9.17) is 16.9 Å².